The van der Waals surface area contributed by atoms with E-state index in [-0.39, 0.29) is 18.9 Å². The quantitative estimate of drug-likeness (QED) is 0.804. The largest absolute Gasteiger partial charge is 0.370 e. The maximum atomic E-state index is 12.4. The third-order valence-corrected chi connectivity index (χ3v) is 3.81. The van der Waals surface area contributed by atoms with Crippen LogP contribution in [0.1, 0.15) is 18.9 Å². The standard InChI is InChI=1S/C13H14BrN3O3/c1-13(8-2-4-9(14)5-3-8)11(19)17(12(20)16-13)7-6-10(15)18/h2-5H,6-7H2,1H3,(H2,15,18)(H,16,20). The number of nitrogens with one attached hydrogen (secondary N) is 1. The zero-order valence-electron chi connectivity index (χ0n) is 10.9. The molecule has 2 rings (SSSR count). The molecule has 7 heteroatoms. The van der Waals surface area contributed by atoms with Gasteiger partial charge >= 0.3 is 6.03 Å². The highest BCUT2D eigenvalue weighted by atomic mass is 79.9. The Morgan fingerprint density at radius 2 is 1.95 bits per heavy atom. The van der Waals surface area contributed by atoms with Crippen LogP contribution in [-0.2, 0) is 15.1 Å². The van der Waals surface area contributed by atoms with Crippen LogP contribution >= 0.6 is 15.9 Å². The molecule has 1 aromatic rings. The van der Waals surface area contributed by atoms with E-state index in [1.165, 1.54) is 0 Å². The van der Waals surface area contributed by atoms with Crippen molar-refractivity contribution in [2.24, 2.45) is 5.73 Å². The lowest BCUT2D eigenvalue weighted by molar-refractivity contribution is -0.131. The van der Waals surface area contributed by atoms with Gasteiger partial charge in [-0.3, -0.25) is 14.5 Å². The van der Waals surface area contributed by atoms with E-state index in [4.69, 9.17) is 5.73 Å². The normalized spacial score (nSPS) is 22.0. The van der Waals surface area contributed by atoms with Gasteiger partial charge in [-0.1, -0.05) is 28.1 Å². The summed E-state index contributed by atoms with van der Waals surface area (Å²) in [7, 11) is 0. The molecule has 1 heterocycles. The van der Waals surface area contributed by atoms with Gasteiger partial charge in [-0.2, -0.15) is 0 Å². The SMILES string of the molecule is CC1(c2ccc(Br)cc2)NC(=O)N(CCC(N)=O)C1=O. The Kier molecular flexibility index (Phi) is 3.80. The molecule has 0 spiro atoms. The van der Waals surface area contributed by atoms with Gasteiger partial charge in [-0.05, 0) is 24.6 Å². The highest BCUT2D eigenvalue weighted by Crippen LogP contribution is 2.29. The molecule has 1 fully saturated rings. The molecule has 1 aliphatic heterocycles. The Bertz CT molecular complexity index is 573. The van der Waals surface area contributed by atoms with Crippen molar-refractivity contribution in [1.82, 2.24) is 10.2 Å². The average molecular weight is 340 g/mol. The summed E-state index contributed by atoms with van der Waals surface area (Å²) in [6.07, 6.45) is -0.0461. The molecule has 6 nitrogen and oxygen atoms in total. The highest BCUT2D eigenvalue weighted by molar-refractivity contribution is 9.10. The Balaban J connectivity index is 2.25. The second kappa shape index (κ2) is 5.24. The van der Waals surface area contributed by atoms with Crippen molar-refractivity contribution in [2.75, 3.05) is 6.54 Å². The fourth-order valence-electron chi connectivity index (χ4n) is 2.10. The molecule has 1 saturated heterocycles. The minimum Gasteiger partial charge on any atom is -0.370 e. The first-order valence-electron chi connectivity index (χ1n) is 6.03. The molecule has 0 radical (unpaired) electrons. The van der Waals surface area contributed by atoms with Crippen molar-refractivity contribution < 1.29 is 14.4 Å². The second-order valence-electron chi connectivity index (χ2n) is 4.74. The summed E-state index contributed by atoms with van der Waals surface area (Å²) in [6, 6.07) is 6.61. The first kappa shape index (κ1) is 14.5. The predicted molar refractivity (Wildman–Crippen MR) is 75.6 cm³/mol. The summed E-state index contributed by atoms with van der Waals surface area (Å²) in [5.41, 5.74) is 4.61. The molecule has 0 bridgehead atoms. The van der Waals surface area contributed by atoms with E-state index in [1.807, 2.05) is 0 Å². The van der Waals surface area contributed by atoms with Crippen LogP contribution in [0.5, 0.6) is 0 Å². The average Bonchev–Trinajstić information content (AvgIpc) is 2.59. The fourth-order valence-corrected chi connectivity index (χ4v) is 2.37. The molecule has 3 N–H and O–H groups in total. The van der Waals surface area contributed by atoms with Crippen LogP contribution in [0.2, 0.25) is 0 Å². The molecule has 106 valence electrons. The highest BCUT2D eigenvalue weighted by Gasteiger charge is 2.48. The second-order valence-corrected chi connectivity index (χ2v) is 5.65. The summed E-state index contributed by atoms with van der Waals surface area (Å²) >= 11 is 3.32. The maximum Gasteiger partial charge on any atom is 0.325 e. The lowest BCUT2D eigenvalue weighted by Gasteiger charge is -2.22. The van der Waals surface area contributed by atoms with Crippen molar-refractivity contribution in [3.63, 3.8) is 0 Å². The molecule has 0 saturated carbocycles. The number of urea groups is 1. The third-order valence-electron chi connectivity index (χ3n) is 3.28. The Hall–Kier alpha value is -1.89. The van der Waals surface area contributed by atoms with Crippen molar-refractivity contribution in [3.05, 3.63) is 34.3 Å². The number of benzene rings is 1. The van der Waals surface area contributed by atoms with Gasteiger partial charge in [0.15, 0.2) is 0 Å². The predicted octanol–water partition coefficient (Wildman–Crippen LogP) is 1.09. The van der Waals surface area contributed by atoms with Crippen LogP contribution in [0.4, 0.5) is 4.79 Å². The first-order valence-corrected chi connectivity index (χ1v) is 6.82. The Morgan fingerprint density at radius 3 is 2.50 bits per heavy atom. The molecule has 4 amide bonds. The minimum absolute atomic E-state index is 0.00782. The molecule has 0 aliphatic carbocycles. The van der Waals surface area contributed by atoms with E-state index in [0.717, 1.165) is 9.37 Å². The number of primary amides is 1. The van der Waals surface area contributed by atoms with Crippen molar-refractivity contribution in [1.29, 1.82) is 0 Å². The van der Waals surface area contributed by atoms with Crippen molar-refractivity contribution in [2.45, 2.75) is 18.9 Å². The Labute approximate surface area is 124 Å². The van der Waals surface area contributed by atoms with E-state index in [9.17, 15) is 14.4 Å². The van der Waals surface area contributed by atoms with Crippen LogP contribution in [0.3, 0.4) is 0 Å². The number of halogens is 1. The topological polar surface area (TPSA) is 92.5 Å². The van der Waals surface area contributed by atoms with Crippen LogP contribution in [-0.4, -0.2) is 29.3 Å². The fraction of sp³-hybridized carbons (Fsp3) is 0.308. The maximum absolute atomic E-state index is 12.4. The van der Waals surface area contributed by atoms with Gasteiger partial charge in [0.05, 0.1) is 0 Å². The number of hydrogen-bond acceptors (Lipinski definition) is 3. The van der Waals surface area contributed by atoms with Gasteiger partial charge < -0.3 is 11.1 Å². The minimum atomic E-state index is -1.12. The molecule has 1 atom stereocenters. The number of carbonyl (C=O) groups excluding carboxylic acids is 3. The summed E-state index contributed by atoms with van der Waals surface area (Å²) in [6.45, 7) is 1.63. The van der Waals surface area contributed by atoms with Crippen LogP contribution in [0.25, 0.3) is 0 Å². The summed E-state index contributed by atoms with van der Waals surface area (Å²) < 4.78 is 0.882. The van der Waals surface area contributed by atoms with Crippen LogP contribution in [0, 0.1) is 0 Å². The molecular weight excluding hydrogens is 326 g/mol. The van der Waals surface area contributed by atoms with Crippen molar-refractivity contribution >= 4 is 33.8 Å². The molecule has 1 unspecified atom stereocenters. The lowest BCUT2D eigenvalue weighted by Crippen LogP contribution is -2.41. The zero-order chi connectivity index (χ0) is 14.9. The van der Waals surface area contributed by atoms with Gasteiger partial charge in [0.1, 0.15) is 5.54 Å². The van der Waals surface area contributed by atoms with E-state index < -0.39 is 17.5 Å². The molecule has 1 aromatic carbocycles. The number of rotatable bonds is 4. The molecule has 20 heavy (non-hydrogen) atoms. The van der Waals surface area contributed by atoms with Gasteiger partial charge in [-0.15, -0.1) is 0 Å². The zero-order valence-corrected chi connectivity index (χ0v) is 12.4. The number of nitrogens with two attached hydrogens (primary N) is 1. The monoisotopic (exact) mass is 339 g/mol. The van der Waals surface area contributed by atoms with Crippen LogP contribution < -0.4 is 11.1 Å². The summed E-state index contributed by atoms with van der Waals surface area (Å²) in [5.74, 6) is -0.936. The van der Waals surface area contributed by atoms with Crippen LogP contribution in [0.15, 0.2) is 28.7 Å². The molecule has 1 aliphatic rings. The number of imide groups is 1. The molecular formula is C13H14BrN3O3. The van der Waals surface area contributed by atoms with Gasteiger partial charge in [0, 0.05) is 17.4 Å². The first-order chi connectivity index (χ1) is 9.34. The number of nitrogens with zero attached hydrogens (tertiary/aromatic N) is 1. The Morgan fingerprint density at radius 1 is 1.35 bits per heavy atom. The van der Waals surface area contributed by atoms with Gasteiger partial charge in [0.2, 0.25) is 5.91 Å². The molecule has 0 aromatic heterocycles. The number of amides is 4. The van der Waals surface area contributed by atoms with Crippen molar-refractivity contribution in [3.8, 4) is 0 Å². The summed E-state index contributed by atoms with van der Waals surface area (Å²) in [5, 5.41) is 2.66. The van der Waals surface area contributed by atoms with Gasteiger partial charge in [0.25, 0.3) is 5.91 Å². The van der Waals surface area contributed by atoms with E-state index >= 15 is 0 Å². The van der Waals surface area contributed by atoms with E-state index in [2.05, 4.69) is 21.2 Å². The smallest absolute Gasteiger partial charge is 0.325 e. The van der Waals surface area contributed by atoms with Gasteiger partial charge in [-0.25, -0.2) is 4.79 Å². The summed E-state index contributed by atoms with van der Waals surface area (Å²) in [4.78, 5) is 36.1. The van der Waals surface area contributed by atoms with E-state index in [1.54, 1.807) is 31.2 Å². The number of carbonyl (C=O) groups is 3. The number of hydrogen-bond donors (Lipinski definition) is 2. The third kappa shape index (κ3) is 2.53. The van der Waals surface area contributed by atoms with E-state index in [0.29, 0.717) is 5.56 Å². The lowest BCUT2D eigenvalue weighted by atomic mass is 9.92.